The maximum atomic E-state index is 12.8. The second-order valence-corrected chi connectivity index (χ2v) is 3.41. The summed E-state index contributed by atoms with van der Waals surface area (Å²) in [7, 11) is 0. The maximum Gasteiger partial charge on any atom is 0.409 e. The molecular weight excluding hydrogens is 253 g/mol. The second-order valence-electron chi connectivity index (χ2n) is 2.61. The molecule has 0 bridgehead atoms. The molecule has 0 heterocycles. The van der Waals surface area contributed by atoms with Crippen LogP contribution in [0.2, 0.25) is 0 Å². The molecule has 0 aliphatic heterocycles. The van der Waals surface area contributed by atoms with Crippen molar-refractivity contribution in [3.63, 3.8) is 0 Å². The quantitative estimate of drug-likeness (QED) is 0.849. The predicted molar refractivity (Wildman–Crippen MR) is 54.1 cm³/mol. The van der Waals surface area contributed by atoms with Gasteiger partial charge in [0.1, 0.15) is 11.6 Å². The van der Waals surface area contributed by atoms with Crippen LogP contribution in [-0.4, -0.2) is 11.4 Å². The average Bonchev–Trinajstić information content (AvgIpc) is 2.09. The third kappa shape index (κ3) is 2.99. The number of halogens is 2. The molecule has 0 saturated carbocycles. The summed E-state index contributed by atoms with van der Waals surface area (Å²) in [5.74, 6) is -0.0591. The monoisotopic (exact) mass is 261 g/mol. The fraction of sp³-hybridized carbons (Fsp3) is 0.222. The van der Waals surface area contributed by atoms with E-state index in [4.69, 9.17) is 10.5 Å². The molecule has 0 aliphatic carbocycles. The van der Waals surface area contributed by atoms with Gasteiger partial charge in [-0.1, -0.05) is 15.9 Å². The number of hydrogen-bond donors (Lipinski definition) is 1. The van der Waals surface area contributed by atoms with Gasteiger partial charge in [0, 0.05) is 5.33 Å². The average molecular weight is 262 g/mol. The molecule has 3 nitrogen and oxygen atoms in total. The van der Waals surface area contributed by atoms with Gasteiger partial charge in [-0.05, 0) is 30.2 Å². The first-order valence-electron chi connectivity index (χ1n) is 3.95. The van der Waals surface area contributed by atoms with E-state index in [0.717, 1.165) is 0 Å². The van der Waals surface area contributed by atoms with Gasteiger partial charge in [0.2, 0.25) is 0 Å². The van der Waals surface area contributed by atoms with Crippen molar-refractivity contribution in [2.75, 3.05) is 5.33 Å². The van der Waals surface area contributed by atoms with Crippen molar-refractivity contribution in [3.8, 4) is 5.75 Å². The van der Waals surface area contributed by atoms with E-state index in [0.29, 0.717) is 23.1 Å². The van der Waals surface area contributed by atoms with E-state index in [1.807, 2.05) is 0 Å². The molecule has 0 fully saturated rings. The first-order valence-corrected chi connectivity index (χ1v) is 5.07. The smallest absolute Gasteiger partial charge is 0.409 e. The predicted octanol–water partition coefficient (Wildman–Crippen LogP) is 2.22. The van der Waals surface area contributed by atoms with E-state index in [9.17, 15) is 9.18 Å². The molecule has 1 rings (SSSR count). The first kappa shape index (κ1) is 11.0. The number of benzene rings is 1. The SMILES string of the molecule is NC(=O)Oc1ccc(F)cc1CCBr. The summed E-state index contributed by atoms with van der Waals surface area (Å²) < 4.78 is 17.5. The van der Waals surface area contributed by atoms with Crippen molar-refractivity contribution in [2.45, 2.75) is 6.42 Å². The highest BCUT2D eigenvalue weighted by molar-refractivity contribution is 9.09. The van der Waals surface area contributed by atoms with Crippen LogP contribution in [0, 0.1) is 5.82 Å². The third-order valence-electron chi connectivity index (χ3n) is 1.60. The molecular formula is C9H9BrFNO2. The Morgan fingerprint density at radius 3 is 2.86 bits per heavy atom. The van der Waals surface area contributed by atoms with Crippen molar-refractivity contribution in [3.05, 3.63) is 29.6 Å². The Morgan fingerprint density at radius 1 is 1.57 bits per heavy atom. The highest BCUT2D eigenvalue weighted by Gasteiger charge is 2.07. The number of aryl methyl sites for hydroxylation is 1. The Morgan fingerprint density at radius 2 is 2.29 bits per heavy atom. The van der Waals surface area contributed by atoms with Crippen LogP contribution in [0.25, 0.3) is 0 Å². The van der Waals surface area contributed by atoms with Crippen molar-refractivity contribution < 1.29 is 13.9 Å². The fourth-order valence-corrected chi connectivity index (χ4v) is 1.48. The van der Waals surface area contributed by atoms with Gasteiger partial charge in [-0.3, -0.25) is 0 Å². The molecule has 1 aromatic carbocycles. The van der Waals surface area contributed by atoms with Crippen LogP contribution in [0.4, 0.5) is 9.18 Å². The standard InChI is InChI=1S/C9H9BrFNO2/c10-4-3-6-5-7(11)1-2-8(6)14-9(12)13/h1-2,5H,3-4H2,(H2,12,13). The number of hydrogen-bond acceptors (Lipinski definition) is 2. The Labute approximate surface area is 89.2 Å². The van der Waals surface area contributed by atoms with Crippen LogP contribution >= 0.6 is 15.9 Å². The van der Waals surface area contributed by atoms with Gasteiger partial charge in [0.25, 0.3) is 0 Å². The number of amides is 1. The molecule has 1 amide bonds. The highest BCUT2D eigenvalue weighted by atomic mass is 79.9. The zero-order valence-electron chi connectivity index (χ0n) is 7.30. The molecule has 0 saturated heterocycles. The van der Waals surface area contributed by atoms with Crippen LogP contribution < -0.4 is 10.5 Å². The molecule has 1 aromatic rings. The number of carbonyl (C=O) groups is 1. The molecule has 0 radical (unpaired) electrons. The highest BCUT2D eigenvalue weighted by Crippen LogP contribution is 2.20. The minimum Gasteiger partial charge on any atom is -0.410 e. The minimum absolute atomic E-state index is 0.304. The number of ether oxygens (including phenoxy) is 1. The Kier molecular flexibility index (Phi) is 3.88. The van der Waals surface area contributed by atoms with Crippen LogP contribution in [0.5, 0.6) is 5.75 Å². The lowest BCUT2D eigenvalue weighted by molar-refractivity contribution is 0.210. The van der Waals surface area contributed by atoms with Crippen LogP contribution in [0.1, 0.15) is 5.56 Å². The first-order chi connectivity index (χ1) is 6.63. The van der Waals surface area contributed by atoms with Crippen LogP contribution in [0.15, 0.2) is 18.2 Å². The lowest BCUT2D eigenvalue weighted by atomic mass is 10.1. The summed E-state index contributed by atoms with van der Waals surface area (Å²) in [6.45, 7) is 0. The zero-order valence-corrected chi connectivity index (χ0v) is 8.88. The summed E-state index contributed by atoms with van der Waals surface area (Å²) in [5.41, 5.74) is 5.47. The topological polar surface area (TPSA) is 52.3 Å². The molecule has 0 spiro atoms. The fourth-order valence-electron chi connectivity index (χ4n) is 1.05. The van der Waals surface area contributed by atoms with Gasteiger partial charge >= 0.3 is 6.09 Å². The zero-order chi connectivity index (χ0) is 10.6. The lowest BCUT2D eigenvalue weighted by Gasteiger charge is -2.06. The van der Waals surface area contributed by atoms with E-state index < -0.39 is 6.09 Å². The van der Waals surface area contributed by atoms with Crippen molar-refractivity contribution in [2.24, 2.45) is 5.73 Å². The molecule has 2 N–H and O–H groups in total. The molecule has 5 heteroatoms. The van der Waals surface area contributed by atoms with Crippen molar-refractivity contribution in [1.29, 1.82) is 0 Å². The lowest BCUT2D eigenvalue weighted by Crippen LogP contribution is -2.17. The summed E-state index contributed by atoms with van der Waals surface area (Å²) >= 11 is 3.22. The Hall–Kier alpha value is -1.10. The molecule has 0 aromatic heterocycles. The Balaban J connectivity index is 2.95. The number of nitrogens with two attached hydrogens (primary N) is 1. The van der Waals surface area contributed by atoms with E-state index in [1.165, 1.54) is 18.2 Å². The van der Waals surface area contributed by atoms with Gasteiger partial charge < -0.3 is 10.5 Å². The van der Waals surface area contributed by atoms with Gasteiger partial charge in [-0.25, -0.2) is 9.18 Å². The largest absolute Gasteiger partial charge is 0.410 e. The van der Waals surface area contributed by atoms with E-state index in [2.05, 4.69) is 15.9 Å². The van der Waals surface area contributed by atoms with Crippen molar-refractivity contribution >= 4 is 22.0 Å². The van der Waals surface area contributed by atoms with Gasteiger partial charge in [-0.2, -0.15) is 0 Å². The molecule has 0 aliphatic rings. The third-order valence-corrected chi connectivity index (χ3v) is 1.99. The molecule has 14 heavy (non-hydrogen) atoms. The van der Waals surface area contributed by atoms with E-state index >= 15 is 0 Å². The van der Waals surface area contributed by atoms with Crippen LogP contribution in [0.3, 0.4) is 0 Å². The number of primary amides is 1. The molecule has 0 unspecified atom stereocenters. The summed E-state index contributed by atoms with van der Waals surface area (Å²) in [6.07, 6.45) is -0.326. The minimum atomic E-state index is -0.896. The molecule has 0 atom stereocenters. The molecule has 76 valence electrons. The van der Waals surface area contributed by atoms with Gasteiger partial charge in [0.05, 0.1) is 0 Å². The van der Waals surface area contributed by atoms with Crippen molar-refractivity contribution in [1.82, 2.24) is 0 Å². The second kappa shape index (κ2) is 4.95. The van der Waals surface area contributed by atoms with Crippen LogP contribution in [-0.2, 0) is 6.42 Å². The maximum absolute atomic E-state index is 12.8. The summed E-state index contributed by atoms with van der Waals surface area (Å²) in [6, 6.07) is 3.92. The summed E-state index contributed by atoms with van der Waals surface area (Å²) in [4.78, 5) is 10.5. The number of rotatable bonds is 3. The number of alkyl halides is 1. The number of carbonyl (C=O) groups excluding carboxylic acids is 1. The van der Waals surface area contributed by atoms with E-state index in [1.54, 1.807) is 0 Å². The van der Waals surface area contributed by atoms with E-state index in [-0.39, 0.29) is 5.82 Å². The van der Waals surface area contributed by atoms with Gasteiger partial charge in [-0.15, -0.1) is 0 Å². The van der Waals surface area contributed by atoms with Gasteiger partial charge in [0.15, 0.2) is 0 Å². The Bertz CT molecular complexity index is 344. The normalized spacial score (nSPS) is 9.86. The summed E-state index contributed by atoms with van der Waals surface area (Å²) in [5, 5.41) is 0.658.